The first-order valence-corrected chi connectivity index (χ1v) is 6.72. The molecule has 1 unspecified atom stereocenters. The second-order valence-corrected chi connectivity index (χ2v) is 5.86. The molecular weight excluding hydrogens is 237 g/mol. The van der Waals surface area contributed by atoms with Gasteiger partial charge in [-0.05, 0) is 25.7 Å². The molecule has 0 aromatic heterocycles. The van der Waals surface area contributed by atoms with E-state index >= 15 is 0 Å². The van der Waals surface area contributed by atoms with Gasteiger partial charge in [-0.25, -0.2) is 4.39 Å². The number of likely N-dealkylation sites (tertiary alicyclic amines) is 1. The molecule has 0 radical (unpaired) electrons. The highest BCUT2D eigenvalue weighted by Gasteiger charge is 2.55. The van der Waals surface area contributed by atoms with E-state index < -0.39 is 5.67 Å². The monoisotopic (exact) mass is 257 g/mol. The normalized spacial score (nSPS) is 32.8. The second kappa shape index (κ2) is 4.17. The van der Waals surface area contributed by atoms with Crippen LogP contribution in [-0.4, -0.2) is 55.0 Å². The van der Waals surface area contributed by atoms with Gasteiger partial charge < -0.3 is 14.4 Å². The summed E-state index contributed by atoms with van der Waals surface area (Å²) in [6.07, 6.45) is 3.52. The molecule has 0 aromatic rings. The molecule has 1 atom stereocenters. The summed E-state index contributed by atoms with van der Waals surface area (Å²) in [7, 11) is 1.70. The first-order chi connectivity index (χ1) is 8.57. The quantitative estimate of drug-likeness (QED) is 0.748. The van der Waals surface area contributed by atoms with Crippen LogP contribution in [0.25, 0.3) is 0 Å². The lowest BCUT2D eigenvalue weighted by atomic mass is 9.78. The number of hydrogen-bond donors (Lipinski definition) is 0. The molecule has 2 saturated heterocycles. The Morgan fingerprint density at radius 3 is 2.72 bits per heavy atom. The molecule has 2 aliphatic heterocycles. The van der Waals surface area contributed by atoms with E-state index in [1.807, 2.05) is 0 Å². The van der Waals surface area contributed by atoms with Crippen molar-refractivity contribution in [1.82, 2.24) is 4.90 Å². The van der Waals surface area contributed by atoms with Crippen molar-refractivity contribution in [2.24, 2.45) is 0 Å². The number of methoxy groups -OCH3 is 1. The number of nitrogens with zero attached hydrogens (tertiary/aromatic N) is 1. The van der Waals surface area contributed by atoms with E-state index in [4.69, 9.17) is 9.47 Å². The third-order valence-electron chi connectivity index (χ3n) is 4.56. The van der Waals surface area contributed by atoms with Crippen molar-refractivity contribution in [1.29, 1.82) is 0 Å². The van der Waals surface area contributed by atoms with Gasteiger partial charge in [0, 0.05) is 20.1 Å². The third-order valence-corrected chi connectivity index (χ3v) is 4.56. The van der Waals surface area contributed by atoms with Crippen molar-refractivity contribution in [3.8, 4) is 0 Å². The Bertz CT molecular complexity index is 350. The third kappa shape index (κ3) is 1.84. The summed E-state index contributed by atoms with van der Waals surface area (Å²) in [5.41, 5.74) is -1.84. The van der Waals surface area contributed by atoms with Crippen LogP contribution in [0.15, 0.2) is 0 Å². The summed E-state index contributed by atoms with van der Waals surface area (Å²) in [6.45, 7) is 1.72. The number of carbonyl (C=O) groups is 1. The standard InChI is InChI=1S/C13H20FNO3/c1-17-10-3-6-18-12(7-10)8-15(9-12)11(16)13(14)4-2-5-13/h10H,2-9H2,1H3. The molecular formula is C13H20FNO3. The maximum Gasteiger partial charge on any atom is 0.260 e. The molecule has 3 rings (SSSR count). The fourth-order valence-corrected chi connectivity index (χ4v) is 3.18. The number of alkyl halides is 1. The van der Waals surface area contributed by atoms with Gasteiger partial charge in [0.25, 0.3) is 5.91 Å². The highest BCUT2D eigenvalue weighted by molar-refractivity contribution is 5.87. The van der Waals surface area contributed by atoms with Gasteiger partial charge in [-0.15, -0.1) is 0 Å². The Morgan fingerprint density at radius 2 is 2.17 bits per heavy atom. The van der Waals surface area contributed by atoms with Crippen LogP contribution in [0.5, 0.6) is 0 Å². The topological polar surface area (TPSA) is 38.8 Å². The molecule has 3 fully saturated rings. The number of ether oxygens (including phenoxy) is 2. The van der Waals surface area contributed by atoms with Crippen molar-refractivity contribution < 1.29 is 18.7 Å². The smallest absolute Gasteiger partial charge is 0.260 e. The van der Waals surface area contributed by atoms with Crippen LogP contribution in [-0.2, 0) is 14.3 Å². The lowest BCUT2D eigenvalue weighted by Crippen LogP contribution is -2.70. The SMILES string of the molecule is COC1CCOC2(C1)CN(C(=O)C1(F)CCC1)C2. The summed E-state index contributed by atoms with van der Waals surface area (Å²) in [5.74, 6) is -0.331. The lowest BCUT2D eigenvalue weighted by molar-refractivity contribution is -0.206. The Kier molecular flexibility index (Phi) is 2.86. The number of carbonyl (C=O) groups excluding carboxylic acids is 1. The maximum absolute atomic E-state index is 14.0. The molecule has 1 aliphatic carbocycles. The first-order valence-electron chi connectivity index (χ1n) is 6.72. The fraction of sp³-hybridized carbons (Fsp3) is 0.923. The number of rotatable bonds is 2. The molecule has 1 amide bonds. The van der Waals surface area contributed by atoms with E-state index in [1.165, 1.54) is 0 Å². The van der Waals surface area contributed by atoms with Crippen molar-refractivity contribution in [3.63, 3.8) is 0 Å². The van der Waals surface area contributed by atoms with Gasteiger partial charge in [0.1, 0.15) is 5.60 Å². The molecule has 0 N–H and O–H groups in total. The summed E-state index contributed by atoms with van der Waals surface area (Å²) < 4.78 is 25.2. The van der Waals surface area contributed by atoms with E-state index in [9.17, 15) is 9.18 Å². The van der Waals surface area contributed by atoms with Gasteiger partial charge in [-0.3, -0.25) is 4.79 Å². The minimum absolute atomic E-state index is 0.207. The zero-order valence-corrected chi connectivity index (χ0v) is 10.8. The van der Waals surface area contributed by atoms with Crippen molar-refractivity contribution in [2.45, 2.75) is 49.5 Å². The Labute approximate surface area is 106 Å². The largest absolute Gasteiger partial charge is 0.381 e. The van der Waals surface area contributed by atoms with Crippen LogP contribution in [0.4, 0.5) is 4.39 Å². The zero-order chi connectivity index (χ0) is 12.8. The highest BCUT2D eigenvalue weighted by Crippen LogP contribution is 2.42. The van der Waals surface area contributed by atoms with Gasteiger partial charge in [0.05, 0.1) is 19.2 Å². The first kappa shape index (κ1) is 12.4. The van der Waals surface area contributed by atoms with E-state index in [1.54, 1.807) is 12.0 Å². The average molecular weight is 257 g/mol. The summed E-state index contributed by atoms with van der Waals surface area (Å²) in [4.78, 5) is 13.6. The Morgan fingerprint density at radius 1 is 1.44 bits per heavy atom. The summed E-state index contributed by atoms with van der Waals surface area (Å²) in [5, 5.41) is 0. The molecule has 0 aromatic carbocycles. The highest BCUT2D eigenvalue weighted by atomic mass is 19.1. The Hall–Kier alpha value is -0.680. The number of amides is 1. The van der Waals surface area contributed by atoms with Gasteiger partial charge in [-0.1, -0.05) is 0 Å². The number of halogens is 1. The van der Waals surface area contributed by atoms with Crippen LogP contribution in [0.3, 0.4) is 0 Å². The molecule has 1 saturated carbocycles. The van der Waals surface area contributed by atoms with E-state index in [-0.39, 0.29) is 17.6 Å². The van der Waals surface area contributed by atoms with Crippen LogP contribution in [0.2, 0.25) is 0 Å². The van der Waals surface area contributed by atoms with E-state index in [0.717, 1.165) is 19.3 Å². The molecule has 3 aliphatic rings. The van der Waals surface area contributed by atoms with Gasteiger partial charge in [0.15, 0.2) is 5.67 Å². The molecule has 18 heavy (non-hydrogen) atoms. The predicted molar refractivity (Wildman–Crippen MR) is 63.0 cm³/mol. The maximum atomic E-state index is 14.0. The molecule has 5 heteroatoms. The molecule has 1 spiro atoms. The molecule has 2 heterocycles. The predicted octanol–water partition coefficient (Wildman–Crippen LogP) is 1.28. The zero-order valence-electron chi connectivity index (χ0n) is 10.8. The van der Waals surface area contributed by atoms with Gasteiger partial charge >= 0.3 is 0 Å². The van der Waals surface area contributed by atoms with Crippen molar-refractivity contribution in [3.05, 3.63) is 0 Å². The number of hydrogen-bond acceptors (Lipinski definition) is 3. The van der Waals surface area contributed by atoms with E-state index in [0.29, 0.717) is 32.5 Å². The molecule has 4 nitrogen and oxygen atoms in total. The van der Waals surface area contributed by atoms with Crippen LogP contribution >= 0.6 is 0 Å². The minimum Gasteiger partial charge on any atom is -0.381 e. The molecule has 0 bridgehead atoms. The minimum atomic E-state index is -1.57. The van der Waals surface area contributed by atoms with Crippen LogP contribution < -0.4 is 0 Å². The van der Waals surface area contributed by atoms with Crippen molar-refractivity contribution in [2.75, 3.05) is 26.8 Å². The van der Waals surface area contributed by atoms with Crippen molar-refractivity contribution >= 4 is 5.91 Å². The fourth-order valence-electron chi connectivity index (χ4n) is 3.18. The van der Waals surface area contributed by atoms with Gasteiger partial charge in [0.2, 0.25) is 0 Å². The lowest BCUT2D eigenvalue weighted by Gasteiger charge is -2.54. The summed E-state index contributed by atoms with van der Waals surface area (Å²) >= 11 is 0. The Balaban J connectivity index is 1.57. The van der Waals surface area contributed by atoms with Crippen LogP contribution in [0.1, 0.15) is 32.1 Å². The van der Waals surface area contributed by atoms with Crippen LogP contribution in [0, 0.1) is 0 Å². The average Bonchev–Trinajstić information content (AvgIpc) is 2.32. The van der Waals surface area contributed by atoms with E-state index in [2.05, 4.69) is 0 Å². The summed E-state index contributed by atoms with van der Waals surface area (Å²) in [6, 6.07) is 0. The van der Waals surface area contributed by atoms with Gasteiger partial charge in [-0.2, -0.15) is 0 Å². The molecule has 102 valence electrons. The second-order valence-electron chi connectivity index (χ2n) is 5.86.